The van der Waals surface area contributed by atoms with E-state index in [0.717, 1.165) is 10.7 Å². The molecule has 72 valence electrons. The Morgan fingerprint density at radius 3 is 2.92 bits per heavy atom. The summed E-state index contributed by atoms with van der Waals surface area (Å²) in [6, 6.07) is 2.32. The second kappa shape index (κ2) is 4.14. The van der Waals surface area contributed by atoms with Gasteiger partial charge in [-0.25, -0.2) is 0 Å². The van der Waals surface area contributed by atoms with Gasteiger partial charge in [0.2, 0.25) is 0 Å². The lowest BCUT2D eigenvalue weighted by atomic mass is 9.84. The topological polar surface area (TPSA) is 0 Å². The van der Waals surface area contributed by atoms with Crippen LogP contribution in [0.1, 0.15) is 42.0 Å². The van der Waals surface area contributed by atoms with Crippen LogP contribution in [0.3, 0.4) is 0 Å². The van der Waals surface area contributed by atoms with Crippen LogP contribution in [-0.4, -0.2) is 4.83 Å². The molecule has 0 bridgehead atoms. The molecule has 0 spiro atoms. The molecule has 0 saturated heterocycles. The highest BCUT2D eigenvalue weighted by molar-refractivity contribution is 9.09. The van der Waals surface area contributed by atoms with Crippen molar-refractivity contribution >= 4 is 27.3 Å². The lowest BCUT2D eigenvalue weighted by molar-refractivity contribution is 0.458. The summed E-state index contributed by atoms with van der Waals surface area (Å²) in [5.41, 5.74) is 1.61. The number of hydrogen-bond acceptors (Lipinski definition) is 1. The molecule has 0 amide bonds. The maximum absolute atomic E-state index is 3.74. The molecule has 1 aromatic heterocycles. The third-order valence-electron chi connectivity index (χ3n) is 2.95. The first-order chi connectivity index (χ1) is 6.27. The molecule has 1 aliphatic rings. The highest BCUT2D eigenvalue weighted by Gasteiger charge is 2.22. The predicted molar refractivity (Wildman–Crippen MR) is 63.0 cm³/mol. The van der Waals surface area contributed by atoms with Crippen LogP contribution in [0.5, 0.6) is 0 Å². The average molecular weight is 259 g/mol. The van der Waals surface area contributed by atoms with Crippen molar-refractivity contribution in [2.24, 2.45) is 0 Å². The summed E-state index contributed by atoms with van der Waals surface area (Å²) in [5, 5.41) is 2.22. The van der Waals surface area contributed by atoms with Gasteiger partial charge in [0, 0.05) is 9.70 Å². The van der Waals surface area contributed by atoms with E-state index < -0.39 is 0 Å². The third-order valence-corrected chi connectivity index (χ3v) is 4.64. The van der Waals surface area contributed by atoms with Crippen LogP contribution in [0, 0.1) is 6.92 Å². The Hall–Kier alpha value is 0.180. The Kier molecular flexibility index (Phi) is 3.10. The summed E-state index contributed by atoms with van der Waals surface area (Å²) in [6.07, 6.45) is 5.47. The Balaban J connectivity index is 2.12. The fourth-order valence-corrected chi connectivity index (χ4v) is 3.80. The van der Waals surface area contributed by atoms with Crippen molar-refractivity contribution in [1.82, 2.24) is 0 Å². The molecule has 1 aromatic rings. The Bertz CT molecular complexity index is 279. The zero-order valence-electron chi connectivity index (χ0n) is 7.92. The van der Waals surface area contributed by atoms with Gasteiger partial charge >= 0.3 is 0 Å². The van der Waals surface area contributed by atoms with E-state index in [0.29, 0.717) is 0 Å². The minimum absolute atomic E-state index is 0.755. The van der Waals surface area contributed by atoms with Gasteiger partial charge in [-0.2, -0.15) is 0 Å². The predicted octanol–water partition coefficient (Wildman–Crippen LogP) is 4.48. The lowest BCUT2D eigenvalue weighted by Gasteiger charge is -2.25. The maximum Gasteiger partial charge on any atom is 0.0151 e. The molecule has 0 aliphatic heterocycles. The van der Waals surface area contributed by atoms with E-state index in [-0.39, 0.29) is 0 Å². The van der Waals surface area contributed by atoms with Crippen molar-refractivity contribution < 1.29 is 0 Å². The van der Waals surface area contributed by atoms with Gasteiger partial charge in [0.1, 0.15) is 0 Å². The molecule has 2 unspecified atom stereocenters. The van der Waals surface area contributed by atoms with Gasteiger partial charge in [-0.15, -0.1) is 11.3 Å². The van der Waals surface area contributed by atoms with E-state index >= 15 is 0 Å². The van der Waals surface area contributed by atoms with E-state index in [1.54, 1.807) is 5.56 Å². The summed E-state index contributed by atoms with van der Waals surface area (Å²) >= 11 is 5.63. The minimum Gasteiger partial charge on any atom is -0.149 e. The molecule has 0 nitrogen and oxygen atoms in total. The standard InChI is InChI=1S/C11H15BrS/c1-8-11(5-6-13-8)9-3-2-4-10(12)7-9/h5-6,9-10H,2-4,7H2,1H3. The molecule has 2 rings (SSSR count). The van der Waals surface area contributed by atoms with E-state index in [4.69, 9.17) is 0 Å². The molecule has 2 heteroatoms. The molecule has 0 N–H and O–H groups in total. The first-order valence-electron chi connectivity index (χ1n) is 4.95. The summed E-state index contributed by atoms with van der Waals surface area (Å²) < 4.78 is 0. The van der Waals surface area contributed by atoms with Gasteiger partial charge in [0.15, 0.2) is 0 Å². The molecule has 1 saturated carbocycles. The van der Waals surface area contributed by atoms with E-state index in [9.17, 15) is 0 Å². The van der Waals surface area contributed by atoms with Crippen LogP contribution >= 0.6 is 27.3 Å². The number of rotatable bonds is 1. The van der Waals surface area contributed by atoms with Crippen molar-refractivity contribution in [3.8, 4) is 0 Å². The summed E-state index contributed by atoms with van der Waals surface area (Å²) in [7, 11) is 0. The minimum atomic E-state index is 0.755. The highest BCUT2D eigenvalue weighted by atomic mass is 79.9. The quantitative estimate of drug-likeness (QED) is 0.652. The van der Waals surface area contributed by atoms with Crippen LogP contribution in [-0.2, 0) is 0 Å². The molecular weight excluding hydrogens is 244 g/mol. The van der Waals surface area contributed by atoms with Crippen molar-refractivity contribution in [2.75, 3.05) is 0 Å². The number of alkyl halides is 1. The lowest BCUT2D eigenvalue weighted by Crippen LogP contribution is -2.13. The summed E-state index contributed by atoms with van der Waals surface area (Å²) in [6.45, 7) is 2.25. The van der Waals surface area contributed by atoms with Gasteiger partial charge < -0.3 is 0 Å². The molecule has 1 heterocycles. The second-order valence-electron chi connectivity index (χ2n) is 3.89. The van der Waals surface area contributed by atoms with Crippen LogP contribution in [0.4, 0.5) is 0 Å². The number of halogens is 1. The molecule has 1 fully saturated rings. The van der Waals surface area contributed by atoms with Gasteiger partial charge in [0.25, 0.3) is 0 Å². The largest absolute Gasteiger partial charge is 0.149 e. The molecular formula is C11H15BrS. The highest BCUT2D eigenvalue weighted by Crippen LogP contribution is 2.38. The Morgan fingerprint density at radius 1 is 1.46 bits per heavy atom. The van der Waals surface area contributed by atoms with E-state index in [1.807, 2.05) is 11.3 Å². The van der Waals surface area contributed by atoms with Crippen LogP contribution in [0.2, 0.25) is 0 Å². The number of thiophene rings is 1. The van der Waals surface area contributed by atoms with Crippen molar-refractivity contribution in [1.29, 1.82) is 0 Å². The Morgan fingerprint density at radius 2 is 2.31 bits per heavy atom. The molecule has 13 heavy (non-hydrogen) atoms. The Labute approximate surface area is 92.5 Å². The van der Waals surface area contributed by atoms with Gasteiger partial charge in [0.05, 0.1) is 0 Å². The van der Waals surface area contributed by atoms with E-state index in [1.165, 1.54) is 30.6 Å². The van der Waals surface area contributed by atoms with Gasteiger partial charge in [-0.1, -0.05) is 22.4 Å². The fraction of sp³-hybridized carbons (Fsp3) is 0.636. The normalized spacial score (nSPS) is 29.1. The molecule has 1 aliphatic carbocycles. The van der Waals surface area contributed by atoms with Gasteiger partial charge in [-0.05, 0) is 49.1 Å². The third kappa shape index (κ3) is 2.16. The zero-order chi connectivity index (χ0) is 9.26. The summed E-state index contributed by atoms with van der Waals surface area (Å²) in [4.78, 5) is 2.28. The smallest absolute Gasteiger partial charge is 0.0151 e. The first-order valence-corrected chi connectivity index (χ1v) is 6.75. The van der Waals surface area contributed by atoms with Crippen molar-refractivity contribution in [3.05, 3.63) is 21.9 Å². The SMILES string of the molecule is Cc1sccc1C1CCCC(Br)C1. The van der Waals surface area contributed by atoms with Crippen LogP contribution < -0.4 is 0 Å². The second-order valence-corrected chi connectivity index (χ2v) is 6.31. The average Bonchev–Trinajstić information content (AvgIpc) is 2.51. The van der Waals surface area contributed by atoms with Gasteiger partial charge in [-0.3, -0.25) is 0 Å². The van der Waals surface area contributed by atoms with Crippen LogP contribution in [0.15, 0.2) is 11.4 Å². The van der Waals surface area contributed by atoms with Crippen molar-refractivity contribution in [3.63, 3.8) is 0 Å². The maximum atomic E-state index is 3.74. The number of aryl methyl sites for hydroxylation is 1. The first kappa shape index (κ1) is 9.72. The molecule has 0 aromatic carbocycles. The van der Waals surface area contributed by atoms with Crippen molar-refractivity contribution in [2.45, 2.75) is 43.4 Å². The summed E-state index contributed by atoms with van der Waals surface area (Å²) in [5.74, 6) is 0.823. The van der Waals surface area contributed by atoms with E-state index in [2.05, 4.69) is 34.3 Å². The monoisotopic (exact) mass is 258 g/mol. The molecule has 2 atom stereocenters. The molecule has 0 radical (unpaired) electrons. The zero-order valence-corrected chi connectivity index (χ0v) is 10.3. The fourth-order valence-electron chi connectivity index (χ4n) is 2.23. The number of hydrogen-bond donors (Lipinski definition) is 0. The van der Waals surface area contributed by atoms with Crippen LogP contribution in [0.25, 0.3) is 0 Å².